The number of hydrogen-bond acceptors (Lipinski definition) is 4. The van der Waals surface area contributed by atoms with E-state index in [0.29, 0.717) is 12.6 Å². The lowest BCUT2D eigenvalue weighted by atomic mass is 9.83. The molecule has 4 nitrogen and oxygen atoms in total. The fourth-order valence-corrected chi connectivity index (χ4v) is 3.12. The molecule has 0 amide bonds. The van der Waals surface area contributed by atoms with Crippen molar-refractivity contribution in [3.63, 3.8) is 0 Å². The van der Waals surface area contributed by atoms with E-state index >= 15 is 0 Å². The van der Waals surface area contributed by atoms with Crippen LogP contribution < -0.4 is 0 Å². The first-order valence-electron chi connectivity index (χ1n) is 8.01. The van der Waals surface area contributed by atoms with Crippen molar-refractivity contribution >= 4 is 0 Å². The topological polar surface area (TPSA) is 56.5 Å². The summed E-state index contributed by atoms with van der Waals surface area (Å²) in [5, 5.41) is 18.8. The average Bonchev–Trinajstić information content (AvgIpc) is 2.55. The smallest absolute Gasteiger partial charge is 0.0769 e. The van der Waals surface area contributed by atoms with Gasteiger partial charge in [-0.1, -0.05) is 24.3 Å². The zero-order valence-corrected chi connectivity index (χ0v) is 13.6. The normalized spacial score (nSPS) is 16.7. The molecule has 0 aromatic heterocycles. The first-order valence-corrected chi connectivity index (χ1v) is 8.01. The number of hydrogen-bond donors (Lipinski definition) is 1. The highest BCUT2D eigenvalue weighted by Crippen LogP contribution is 2.28. The second-order valence-corrected chi connectivity index (χ2v) is 6.43. The third kappa shape index (κ3) is 4.07. The molecular formula is C18H26N2O2. The van der Waals surface area contributed by atoms with Crippen LogP contribution in [0.25, 0.3) is 0 Å². The second kappa shape index (κ2) is 7.73. The van der Waals surface area contributed by atoms with Crippen molar-refractivity contribution in [2.45, 2.75) is 44.7 Å². The van der Waals surface area contributed by atoms with Gasteiger partial charge in [-0.3, -0.25) is 4.90 Å². The SMILES string of the molecule is CC(C)(C#N)c1ccccc1CN(CCO)C1CCOCC1. The van der Waals surface area contributed by atoms with Gasteiger partial charge in [-0.15, -0.1) is 0 Å². The standard InChI is InChI=1S/C18H26N2O2/c1-18(2,14-19)17-6-4-3-5-15(17)13-20(9-10-21)16-7-11-22-12-8-16/h3-6,16,21H,7-13H2,1-2H3. The molecule has 1 fully saturated rings. The first kappa shape index (κ1) is 17.0. The third-order valence-corrected chi connectivity index (χ3v) is 4.44. The Hall–Kier alpha value is -1.41. The van der Waals surface area contributed by atoms with Crippen LogP contribution in [-0.4, -0.2) is 42.4 Å². The van der Waals surface area contributed by atoms with Crippen LogP contribution in [0.5, 0.6) is 0 Å². The highest BCUT2D eigenvalue weighted by atomic mass is 16.5. The maximum Gasteiger partial charge on any atom is 0.0769 e. The number of aliphatic hydroxyl groups is 1. The van der Waals surface area contributed by atoms with Crippen LogP contribution in [0.15, 0.2) is 24.3 Å². The minimum Gasteiger partial charge on any atom is -0.395 e. The minimum absolute atomic E-state index is 0.154. The molecule has 1 heterocycles. The van der Waals surface area contributed by atoms with Gasteiger partial charge in [0.2, 0.25) is 0 Å². The van der Waals surface area contributed by atoms with E-state index in [0.717, 1.165) is 38.2 Å². The molecule has 0 aliphatic carbocycles. The maximum absolute atomic E-state index is 9.44. The number of nitrogens with zero attached hydrogens (tertiary/aromatic N) is 2. The summed E-state index contributed by atoms with van der Waals surface area (Å²) in [5.74, 6) is 0. The molecular weight excluding hydrogens is 276 g/mol. The van der Waals surface area contributed by atoms with Gasteiger partial charge in [0.15, 0.2) is 0 Å². The number of rotatable bonds is 6. The van der Waals surface area contributed by atoms with Gasteiger partial charge in [0.05, 0.1) is 18.1 Å². The van der Waals surface area contributed by atoms with Crippen LogP contribution in [0.3, 0.4) is 0 Å². The number of aliphatic hydroxyl groups excluding tert-OH is 1. The second-order valence-electron chi connectivity index (χ2n) is 6.43. The molecule has 0 atom stereocenters. The molecule has 2 rings (SSSR count). The van der Waals surface area contributed by atoms with Crippen molar-refractivity contribution in [3.8, 4) is 6.07 Å². The quantitative estimate of drug-likeness (QED) is 0.877. The summed E-state index contributed by atoms with van der Waals surface area (Å²) in [7, 11) is 0. The molecule has 1 aromatic carbocycles. The van der Waals surface area contributed by atoms with Gasteiger partial charge in [-0.2, -0.15) is 5.26 Å². The van der Waals surface area contributed by atoms with Crippen LogP contribution >= 0.6 is 0 Å². The molecule has 0 bridgehead atoms. The lowest BCUT2D eigenvalue weighted by Crippen LogP contribution is -2.41. The Balaban J connectivity index is 2.21. The molecule has 0 radical (unpaired) electrons. The van der Waals surface area contributed by atoms with Gasteiger partial charge in [-0.25, -0.2) is 0 Å². The molecule has 4 heteroatoms. The summed E-state index contributed by atoms with van der Waals surface area (Å²) in [6, 6.07) is 11.0. The molecule has 120 valence electrons. The molecule has 0 unspecified atom stereocenters. The highest BCUT2D eigenvalue weighted by Gasteiger charge is 2.26. The molecule has 1 aromatic rings. The third-order valence-electron chi connectivity index (χ3n) is 4.44. The van der Waals surface area contributed by atoms with E-state index in [9.17, 15) is 10.4 Å². The molecule has 1 N–H and O–H groups in total. The zero-order valence-electron chi connectivity index (χ0n) is 13.6. The van der Waals surface area contributed by atoms with Gasteiger partial charge in [-0.05, 0) is 37.8 Å². The molecule has 0 spiro atoms. The monoisotopic (exact) mass is 302 g/mol. The largest absolute Gasteiger partial charge is 0.395 e. The number of ether oxygens (including phenoxy) is 1. The molecule has 1 aliphatic heterocycles. The van der Waals surface area contributed by atoms with Crippen LogP contribution in [-0.2, 0) is 16.7 Å². The van der Waals surface area contributed by atoms with E-state index in [2.05, 4.69) is 17.0 Å². The van der Waals surface area contributed by atoms with Gasteiger partial charge in [0.25, 0.3) is 0 Å². The molecule has 1 saturated heterocycles. The van der Waals surface area contributed by atoms with E-state index < -0.39 is 5.41 Å². The lowest BCUT2D eigenvalue weighted by molar-refractivity contribution is 0.0247. The summed E-state index contributed by atoms with van der Waals surface area (Å²) in [5.41, 5.74) is 1.75. The van der Waals surface area contributed by atoms with Gasteiger partial charge < -0.3 is 9.84 Å². The van der Waals surface area contributed by atoms with E-state index in [4.69, 9.17) is 4.74 Å². The Bertz CT molecular complexity index is 516. The minimum atomic E-state index is -0.503. The summed E-state index contributed by atoms with van der Waals surface area (Å²) < 4.78 is 5.44. The Kier molecular flexibility index (Phi) is 5.96. The summed E-state index contributed by atoms with van der Waals surface area (Å²) in [4.78, 5) is 2.33. The average molecular weight is 302 g/mol. The van der Waals surface area contributed by atoms with Crippen LogP contribution in [0.2, 0.25) is 0 Å². The van der Waals surface area contributed by atoms with E-state index in [1.807, 2.05) is 32.0 Å². The highest BCUT2D eigenvalue weighted by molar-refractivity contribution is 5.37. The summed E-state index contributed by atoms with van der Waals surface area (Å²) >= 11 is 0. The van der Waals surface area contributed by atoms with E-state index in [1.54, 1.807) is 0 Å². The Morgan fingerprint density at radius 1 is 1.32 bits per heavy atom. The zero-order chi connectivity index (χ0) is 16.0. The summed E-state index contributed by atoms with van der Waals surface area (Å²) in [6.07, 6.45) is 2.01. The molecule has 1 aliphatic rings. The van der Waals surface area contributed by atoms with Crippen molar-refractivity contribution in [2.75, 3.05) is 26.4 Å². The predicted molar refractivity (Wildman–Crippen MR) is 86.4 cm³/mol. The van der Waals surface area contributed by atoms with Gasteiger partial charge >= 0.3 is 0 Å². The maximum atomic E-state index is 9.44. The Morgan fingerprint density at radius 2 is 2.00 bits per heavy atom. The van der Waals surface area contributed by atoms with Crippen molar-refractivity contribution < 1.29 is 9.84 Å². The van der Waals surface area contributed by atoms with Crippen molar-refractivity contribution in [1.82, 2.24) is 4.90 Å². The van der Waals surface area contributed by atoms with Gasteiger partial charge in [0, 0.05) is 32.3 Å². The van der Waals surface area contributed by atoms with Crippen molar-refractivity contribution in [1.29, 1.82) is 5.26 Å². The van der Waals surface area contributed by atoms with Crippen LogP contribution in [0, 0.1) is 11.3 Å². The van der Waals surface area contributed by atoms with Crippen LogP contribution in [0.1, 0.15) is 37.8 Å². The fraction of sp³-hybridized carbons (Fsp3) is 0.611. The first-order chi connectivity index (χ1) is 10.6. The van der Waals surface area contributed by atoms with E-state index in [1.165, 1.54) is 5.56 Å². The lowest BCUT2D eigenvalue weighted by Gasteiger charge is -2.35. The van der Waals surface area contributed by atoms with E-state index in [-0.39, 0.29) is 6.61 Å². The van der Waals surface area contributed by atoms with Gasteiger partial charge in [0.1, 0.15) is 0 Å². The number of benzene rings is 1. The number of nitriles is 1. The van der Waals surface area contributed by atoms with Crippen LogP contribution in [0.4, 0.5) is 0 Å². The fourth-order valence-electron chi connectivity index (χ4n) is 3.12. The molecule has 22 heavy (non-hydrogen) atoms. The Morgan fingerprint density at radius 3 is 2.64 bits per heavy atom. The van der Waals surface area contributed by atoms with Crippen molar-refractivity contribution in [3.05, 3.63) is 35.4 Å². The molecule has 0 saturated carbocycles. The van der Waals surface area contributed by atoms with Crippen molar-refractivity contribution in [2.24, 2.45) is 0 Å². The Labute approximate surface area is 133 Å². The predicted octanol–water partition coefficient (Wildman–Crippen LogP) is 2.46. The summed E-state index contributed by atoms with van der Waals surface area (Å²) in [6.45, 7) is 7.07.